The normalized spacial score (nSPS) is 25.1. The summed E-state index contributed by atoms with van der Waals surface area (Å²) in [5.74, 6) is -0.0324. The number of aromatic nitrogens is 1. The summed E-state index contributed by atoms with van der Waals surface area (Å²) in [5.41, 5.74) is -0.0725. The van der Waals surface area contributed by atoms with Gasteiger partial charge in [0, 0.05) is 13.2 Å². The number of anilines is 1. The number of fused-ring (bicyclic) bond motifs is 1. The first-order valence-corrected chi connectivity index (χ1v) is 9.64. The molecule has 10 heteroatoms. The van der Waals surface area contributed by atoms with Crippen molar-refractivity contribution in [2.75, 3.05) is 19.5 Å². The molecule has 7 nitrogen and oxygen atoms in total. The quantitative estimate of drug-likeness (QED) is 0.849. The summed E-state index contributed by atoms with van der Waals surface area (Å²) < 4.78 is 32.1. The summed E-state index contributed by atoms with van der Waals surface area (Å²) in [5, 5.41) is 1.13. The third-order valence-corrected chi connectivity index (χ3v) is 7.44. The lowest BCUT2D eigenvalue weighted by Crippen LogP contribution is -2.48. The summed E-state index contributed by atoms with van der Waals surface area (Å²) >= 11 is 7.15. The maximum Gasteiger partial charge on any atom is 0.277 e. The number of methoxy groups -OCH3 is 1. The van der Waals surface area contributed by atoms with Crippen LogP contribution in [0.3, 0.4) is 0 Å². The molecule has 0 bridgehead atoms. The van der Waals surface area contributed by atoms with Crippen molar-refractivity contribution in [2.45, 2.75) is 10.5 Å². The first-order chi connectivity index (χ1) is 11.4. The number of thioether (sulfide) groups is 1. The molecule has 0 saturated heterocycles. The molecule has 0 radical (unpaired) electrons. The molecular weight excluding hydrogens is 374 g/mol. The monoisotopic (exact) mass is 387 g/mol. The zero-order valence-corrected chi connectivity index (χ0v) is 15.2. The molecule has 1 aromatic rings. The highest BCUT2D eigenvalue weighted by molar-refractivity contribution is 8.06. The minimum Gasteiger partial charge on any atom is -0.497 e. The molecule has 2 unspecified atom stereocenters. The Balaban J connectivity index is 2.04. The van der Waals surface area contributed by atoms with Crippen LogP contribution in [0.15, 0.2) is 46.3 Å². The topological polar surface area (TPSA) is 88.6 Å². The minimum absolute atomic E-state index is 0.0725. The van der Waals surface area contributed by atoms with Crippen LogP contribution in [0, 0.1) is 0 Å². The molecule has 3 heterocycles. The molecule has 1 aromatic heterocycles. The van der Waals surface area contributed by atoms with E-state index < -0.39 is 26.4 Å². The van der Waals surface area contributed by atoms with Gasteiger partial charge in [0.25, 0.3) is 5.91 Å². The van der Waals surface area contributed by atoms with E-state index in [9.17, 15) is 13.2 Å². The van der Waals surface area contributed by atoms with Gasteiger partial charge in [-0.05, 0) is 18.2 Å². The first-order valence-electron chi connectivity index (χ1n) is 6.88. The van der Waals surface area contributed by atoms with E-state index in [-0.39, 0.29) is 11.5 Å². The van der Waals surface area contributed by atoms with E-state index in [1.807, 2.05) is 0 Å². The first kappa shape index (κ1) is 17.1. The molecule has 0 spiro atoms. The number of amides is 1. The molecule has 128 valence electrons. The molecule has 24 heavy (non-hydrogen) atoms. The Morgan fingerprint density at radius 1 is 1.46 bits per heavy atom. The van der Waals surface area contributed by atoms with Gasteiger partial charge in [-0.1, -0.05) is 17.7 Å². The van der Waals surface area contributed by atoms with Gasteiger partial charge in [-0.15, -0.1) is 11.8 Å². The van der Waals surface area contributed by atoms with Crippen LogP contribution < -0.4 is 5.32 Å². The van der Waals surface area contributed by atoms with Crippen LogP contribution in [-0.4, -0.2) is 48.3 Å². The van der Waals surface area contributed by atoms with Gasteiger partial charge >= 0.3 is 0 Å². The van der Waals surface area contributed by atoms with Gasteiger partial charge in [0.2, 0.25) is 10.0 Å². The van der Waals surface area contributed by atoms with Crippen molar-refractivity contribution in [1.29, 1.82) is 0 Å². The molecule has 1 amide bonds. The Morgan fingerprint density at radius 2 is 2.21 bits per heavy atom. The van der Waals surface area contributed by atoms with E-state index in [4.69, 9.17) is 16.3 Å². The van der Waals surface area contributed by atoms with Crippen LogP contribution in [-0.2, 0) is 19.6 Å². The predicted molar refractivity (Wildman–Crippen MR) is 92.7 cm³/mol. The lowest BCUT2D eigenvalue weighted by Gasteiger charge is -2.34. The van der Waals surface area contributed by atoms with Crippen molar-refractivity contribution in [3.63, 3.8) is 0 Å². The second-order valence-electron chi connectivity index (χ2n) is 5.07. The fourth-order valence-electron chi connectivity index (χ4n) is 2.57. The number of sulfonamides is 1. The molecule has 3 rings (SSSR count). The number of halogens is 1. The standard InChI is InChI=1S/C14H14ClN3O4S2/c1-18-11(14(19)17-10-5-3-4-6-16-10)12(22-2)13-8(24(18,20)21)7-9(15)23-13/h3-8,13H,1-2H3,(H,16,17,19). The Morgan fingerprint density at radius 3 is 2.83 bits per heavy atom. The summed E-state index contributed by atoms with van der Waals surface area (Å²) in [4.78, 5) is 16.7. The van der Waals surface area contributed by atoms with Crippen LogP contribution in [0.25, 0.3) is 0 Å². The summed E-state index contributed by atoms with van der Waals surface area (Å²) in [6, 6.07) is 5.02. The van der Waals surface area contributed by atoms with Crippen molar-refractivity contribution >= 4 is 45.1 Å². The number of likely N-dealkylation sites (N-methyl/N-ethyl adjacent to an activating group) is 1. The average molecular weight is 388 g/mol. The van der Waals surface area contributed by atoms with Crippen LogP contribution in [0.1, 0.15) is 0 Å². The fraction of sp³-hybridized carbons (Fsp3) is 0.286. The highest BCUT2D eigenvalue weighted by atomic mass is 35.5. The molecular formula is C14H14ClN3O4S2. The molecule has 0 aliphatic carbocycles. The number of hydrogen-bond donors (Lipinski definition) is 1. The SMILES string of the molecule is COC1=C(C(=O)Nc2ccccn2)N(C)S(=O)(=O)C2C=C(Cl)SC12. The number of ether oxygens (including phenoxy) is 1. The van der Waals surface area contributed by atoms with Gasteiger partial charge < -0.3 is 10.1 Å². The zero-order chi connectivity index (χ0) is 17.5. The maximum absolute atomic E-state index is 12.7. The van der Waals surface area contributed by atoms with Gasteiger partial charge in [-0.2, -0.15) is 0 Å². The van der Waals surface area contributed by atoms with Gasteiger partial charge in [0.15, 0.2) is 5.70 Å². The number of carbonyl (C=O) groups is 1. The molecule has 2 aliphatic heterocycles. The number of nitrogens with zero attached hydrogens (tertiary/aromatic N) is 2. The Kier molecular flexibility index (Phi) is 4.50. The van der Waals surface area contributed by atoms with Crippen molar-refractivity contribution in [2.24, 2.45) is 0 Å². The number of carbonyl (C=O) groups excluding carboxylic acids is 1. The van der Waals surface area contributed by atoms with Gasteiger partial charge in [0.1, 0.15) is 16.8 Å². The largest absolute Gasteiger partial charge is 0.497 e. The smallest absolute Gasteiger partial charge is 0.277 e. The van der Waals surface area contributed by atoms with Crippen LogP contribution >= 0.6 is 23.4 Å². The Labute approximate surface area is 148 Å². The second-order valence-corrected chi connectivity index (χ2v) is 9.01. The van der Waals surface area contributed by atoms with E-state index >= 15 is 0 Å². The number of pyridine rings is 1. The van der Waals surface area contributed by atoms with E-state index in [1.165, 1.54) is 26.4 Å². The van der Waals surface area contributed by atoms with Gasteiger partial charge in [-0.25, -0.2) is 13.4 Å². The van der Waals surface area contributed by atoms with Crippen molar-refractivity contribution in [3.8, 4) is 0 Å². The van der Waals surface area contributed by atoms with E-state index in [0.29, 0.717) is 10.2 Å². The third kappa shape index (κ3) is 2.76. The highest BCUT2D eigenvalue weighted by Gasteiger charge is 2.50. The number of nitrogens with one attached hydrogen (secondary N) is 1. The summed E-state index contributed by atoms with van der Waals surface area (Å²) in [7, 11) is -1.04. The summed E-state index contributed by atoms with van der Waals surface area (Å²) in [6.07, 6.45) is 2.99. The zero-order valence-electron chi connectivity index (χ0n) is 12.8. The van der Waals surface area contributed by atoms with Crippen LogP contribution in [0.2, 0.25) is 0 Å². The third-order valence-electron chi connectivity index (χ3n) is 3.71. The molecule has 0 fully saturated rings. The number of rotatable bonds is 3. The van der Waals surface area contributed by atoms with Crippen LogP contribution in [0.4, 0.5) is 5.82 Å². The van der Waals surface area contributed by atoms with Gasteiger partial charge in [-0.3, -0.25) is 9.10 Å². The van der Waals surface area contributed by atoms with Gasteiger partial charge in [0.05, 0.1) is 16.7 Å². The fourth-order valence-corrected chi connectivity index (χ4v) is 6.27. The molecule has 2 atom stereocenters. The average Bonchev–Trinajstić information content (AvgIpc) is 2.94. The van der Waals surface area contributed by atoms with Crippen LogP contribution in [0.5, 0.6) is 0 Å². The van der Waals surface area contributed by atoms with Crippen molar-refractivity contribution < 1.29 is 17.9 Å². The maximum atomic E-state index is 12.7. The molecule has 1 N–H and O–H groups in total. The summed E-state index contributed by atoms with van der Waals surface area (Å²) in [6.45, 7) is 0. The van der Waals surface area contributed by atoms with E-state index in [0.717, 1.165) is 16.1 Å². The second kappa shape index (κ2) is 6.30. The predicted octanol–water partition coefficient (Wildman–Crippen LogP) is 1.72. The van der Waals surface area contributed by atoms with E-state index in [1.54, 1.807) is 18.2 Å². The highest BCUT2D eigenvalue weighted by Crippen LogP contribution is 2.46. The lowest BCUT2D eigenvalue weighted by molar-refractivity contribution is -0.114. The van der Waals surface area contributed by atoms with E-state index in [2.05, 4.69) is 10.3 Å². The van der Waals surface area contributed by atoms with Crippen molar-refractivity contribution in [1.82, 2.24) is 9.29 Å². The molecule has 2 aliphatic rings. The molecule has 0 aromatic carbocycles. The Hall–Kier alpha value is -1.71. The minimum atomic E-state index is -3.77. The lowest BCUT2D eigenvalue weighted by atomic mass is 10.2. The van der Waals surface area contributed by atoms with Crippen molar-refractivity contribution in [3.05, 3.63) is 46.3 Å². The Bertz CT molecular complexity index is 839. The number of hydrogen-bond acceptors (Lipinski definition) is 6. The molecule has 0 saturated carbocycles.